The van der Waals surface area contributed by atoms with Gasteiger partial charge in [0.25, 0.3) is 0 Å². The lowest BCUT2D eigenvalue weighted by atomic mass is 10.00. The average molecular weight is 240 g/mol. The molecule has 0 radical (unpaired) electrons. The third kappa shape index (κ3) is 2.89. The molecule has 0 saturated carbocycles. The highest BCUT2D eigenvalue weighted by atomic mass is 14.9. The van der Waals surface area contributed by atoms with Gasteiger partial charge in [0.05, 0.1) is 0 Å². The largest absolute Gasteiger partial charge is 0.378 e. The van der Waals surface area contributed by atoms with Crippen molar-refractivity contribution in [3.8, 4) is 0 Å². The number of para-hydroxylation sites is 1. The number of anilines is 1. The first-order chi connectivity index (χ1) is 8.68. The summed E-state index contributed by atoms with van der Waals surface area (Å²) in [6, 6.07) is 12.9. The van der Waals surface area contributed by atoms with Crippen molar-refractivity contribution in [2.75, 3.05) is 5.32 Å². The van der Waals surface area contributed by atoms with E-state index in [-0.39, 0.29) is 6.04 Å². The van der Waals surface area contributed by atoms with Crippen molar-refractivity contribution < 1.29 is 0 Å². The zero-order valence-electron chi connectivity index (χ0n) is 11.2. The lowest BCUT2D eigenvalue weighted by Crippen LogP contribution is -2.08. The van der Waals surface area contributed by atoms with Crippen molar-refractivity contribution >= 4 is 5.69 Å². The van der Waals surface area contributed by atoms with Crippen LogP contribution in [0, 0.1) is 0 Å². The molecule has 0 bridgehead atoms. The molecule has 18 heavy (non-hydrogen) atoms. The Bertz CT molecular complexity index is 491. The second-order valence-electron chi connectivity index (χ2n) is 4.89. The molecule has 0 aliphatic rings. The number of hydrogen-bond acceptors (Lipinski definition) is 2. The monoisotopic (exact) mass is 240 g/mol. The van der Waals surface area contributed by atoms with Crippen molar-refractivity contribution in [1.82, 2.24) is 4.98 Å². The maximum Gasteiger partial charge on any atom is 0.0486 e. The van der Waals surface area contributed by atoms with E-state index in [1.54, 1.807) is 0 Å². The number of rotatable bonds is 4. The molecule has 94 valence electrons. The fourth-order valence-corrected chi connectivity index (χ4v) is 2.10. The Balaban J connectivity index is 2.19. The molecule has 0 amide bonds. The second-order valence-corrected chi connectivity index (χ2v) is 4.89. The van der Waals surface area contributed by atoms with Gasteiger partial charge in [-0.25, -0.2) is 0 Å². The third-order valence-corrected chi connectivity index (χ3v) is 3.16. The van der Waals surface area contributed by atoms with Gasteiger partial charge in [0.2, 0.25) is 0 Å². The molecular formula is C16H20N2. The number of nitrogens with zero attached hydrogens (tertiary/aromatic N) is 1. The normalized spacial score (nSPS) is 12.4. The fourth-order valence-electron chi connectivity index (χ4n) is 2.10. The summed E-state index contributed by atoms with van der Waals surface area (Å²) >= 11 is 0. The minimum atomic E-state index is 0.285. The first-order valence-corrected chi connectivity index (χ1v) is 6.44. The molecule has 1 aromatic carbocycles. The quantitative estimate of drug-likeness (QED) is 0.858. The van der Waals surface area contributed by atoms with Gasteiger partial charge in [-0.2, -0.15) is 0 Å². The van der Waals surface area contributed by atoms with Crippen molar-refractivity contribution in [2.45, 2.75) is 32.7 Å². The fraction of sp³-hybridized carbons (Fsp3) is 0.312. The molecule has 1 heterocycles. The molecule has 2 aromatic rings. The van der Waals surface area contributed by atoms with E-state index < -0.39 is 0 Å². The van der Waals surface area contributed by atoms with Crippen LogP contribution in [0.1, 0.15) is 43.9 Å². The van der Waals surface area contributed by atoms with Crippen molar-refractivity contribution in [2.24, 2.45) is 0 Å². The molecule has 1 aromatic heterocycles. The van der Waals surface area contributed by atoms with E-state index in [2.05, 4.69) is 67.5 Å². The van der Waals surface area contributed by atoms with E-state index in [0.717, 1.165) is 0 Å². The van der Waals surface area contributed by atoms with E-state index in [1.165, 1.54) is 16.8 Å². The summed E-state index contributed by atoms with van der Waals surface area (Å²) in [6.07, 6.45) is 3.67. The van der Waals surface area contributed by atoms with E-state index in [1.807, 2.05) is 12.4 Å². The maximum absolute atomic E-state index is 4.05. The van der Waals surface area contributed by atoms with Crippen LogP contribution < -0.4 is 5.32 Å². The summed E-state index contributed by atoms with van der Waals surface area (Å²) in [5.41, 5.74) is 3.83. The molecule has 0 saturated heterocycles. The minimum Gasteiger partial charge on any atom is -0.378 e. The van der Waals surface area contributed by atoms with Crippen LogP contribution in [-0.4, -0.2) is 4.98 Å². The predicted molar refractivity (Wildman–Crippen MR) is 76.8 cm³/mol. The van der Waals surface area contributed by atoms with Gasteiger partial charge in [-0.3, -0.25) is 4.98 Å². The Hall–Kier alpha value is -1.83. The molecule has 0 fully saturated rings. The first-order valence-electron chi connectivity index (χ1n) is 6.44. The summed E-state index contributed by atoms with van der Waals surface area (Å²) in [5.74, 6) is 0.526. The van der Waals surface area contributed by atoms with Gasteiger partial charge in [0, 0.05) is 24.1 Å². The average Bonchev–Trinajstić information content (AvgIpc) is 2.40. The van der Waals surface area contributed by atoms with E-state index in [0.29, 0.717) is 5.92 Å². The van der Waals surface area contributed by atoms with Crippen LogP contribution in [-0.2, 0) is 0 Å². The molecule has 2 nitrogen and oxygen atoms in total. The molecule has 1 N–H and O–H groups in total. The summed E-state index contributed by atoms with van der Waals surface area (Å²) < 4.78 is 0. The van der Waals surface area contributed by atoms with Crippen LogP contribution in [0.5, 0.6) is 0 Å². The van der Waals surface area contributed by atoms with Gasteiger partial charge in [0.1, 0.15) is 0 Å². The smallest absolute Gasteiger partial charge is 0.0486 e. The molecule has 0 aliphatic heterocycles. The Labute approximate surface area is 109 Å². The lowest BCUT2D eigenvalue weighted by molar-refractivity contribution is 0.840. The highest BCUT2D eigenvalue weighted by Crippen LogP contribution is 2.27. The molecule has 0 spiro atoms. The SMILES string of the molecule is CC(C)c1ccccc1NC(C)c1ccncc1. The van der Waals surface area contributed by atoms with Crippen LogP contribution in [0.4, 0.5) is 5.69 Å². The van der Waals surface area contributed by atoms with Crippen LogP contribution in [0.25, 0.3) is 0 Å². The highest BCUT2D eigenvalue weighted by molar-refractivity contribution is 5.53. The van der Waals surface area contributed by atoms with E-state index in [4.69, 9.17) is 0 Å². The number of nitrogens with one attached hydrogen (secondary N) is 1. The molecular weight excluding hydrogens is 220 g/mol. The summed E-state index contributed by atoms with van der Waals surface area (Å²) in [4.78, 5) is 4.05. The Morgan fingerprint density at radius 2 is 1.61 bits per heavy atom. The number of aromatic nitrogens is 1. The zero-order valence-corrected chi connectivity index (χ0v) is 11.2. The molecule has 0 aliphatic carbocycles. The van der Waals surface area contributed by atoms with Crippen molar-refractivity contribution in [1.29, 1.82) is 0 Å². The van der Waals surface area contributed by atoms with Gasteiger partial charge in [-0.15, -0.1) is 0 Å². The molecule has 2 heteroatoms. The standard InChI is InChI=1S/C16H20N2/c1-12(2)15-6-4-5-7-16(15)18-13(3)14-8-10-17-11-9-14/h4-13,18H,1-3H3. The van der Waals surface area contributed by atoms with Crippen molar-refractivity contribution in [3.05, 3.63) is 59.9 Å². The van der Waals surface area contributed by atoms with E-state index in [9.17, 15) is 0 Å². The van der Waals surface area contributed by atoms with E-state index >= 15 is 0 Å². The topological polar surface area (TPSA) is 24.9 Å². The third-order valence-electron chi connectivity index (χ3n) is 3.16. The minimum absolute atomic E-state index is 0.285. The Kier molecular flexibility index (Phi) is 3.98. The molecule has 1 unspecified atom stereocenters. The number of hydrogen-bond donors (Lipinski definition) is 1. The number of benzene rings is 1. The van der Waals surface area contributed by atoms with Crippen molar-refractivity contribution in [3.63, 3.8) is 0 Å². The summed E-state index contributed by atoms with van der Waals surface area (Å²) in [6.45, 7) is 6.61. The Morgan fingerprint density at radius 1 is 0.944 bits per heavy atom. The summed E-state index contributed by atoms with van der Waals surface area (Å²) in [5, 5.41) is 3.58. The lowest BCUT2D eigenvalue weighted by Gasteiger charge is -2.19. The molecule has 1 atom stereocenters. The maximum atomic E-state index is 4.05. The van der Waals surface area contributed by atoms with Gasteiger partial charge in [-0.05, 0) is 42.2 Å². The van der Waals surface area contributed by atoms with Gasteiger partial charge >= 0.3 is 0 Å². The highest BCUT2D eigenvalue weighted by Gasteiger charge is 2.09. The summed E-state index contributed by atoms with van der Waals surface area (Å²) in [7, 11) is 0. The van der Waals surface area contributed by atoms with Crippen LogP contribution >= 0.6 is 0 Å². The van der Waals surface area contributed by atoms with Crippen LogP contribution in [0.15, 0.2) is 48.8 Å². The zero-order chi connectivity index (χ0) is 13.0. The van der Waals surface area contributed by atoms with Gasteiger partial charge < -0.3 is 5.32 Å². The van der Waals surface area contributed by atoms with Gasteiger partial charge in [-0.1, -0.05) is 32.0 Å². The second kappa shape index (κ2) is 5.67. The first kappa shape index (κ1) is 12.6. The Morgan fingerprint density at radius 3 is 2.28 bits per heavy atom. The predicted octanol–water partition coefficient (Wildman–Crippen LogP) is 4.38. The van der Waals surface area contributed by atoms with Crippen LogP contribution in [0.2, 0.25) is 0 Å². The number of pyridine rings is 1. The molecule has 2 rings (SSSR count). The van der Waals surface area contributed by atoms with Crippen LogP contribution in [0.3, 0.4) is 0 Å². The van der Waals surface area contributed by atoms with Gasteiger partial charge in [0.15, 0.2) is 0 Å².